The van der Waals surface area contributed by atoms with Crippen molar-refractivity contribution in [2.75, 3.05) is 6.61 Å². The lowest BCUT2D eigenvalue weighted by molar-refractivity contribution is -0.159. The molecule has 0 saturated heterocycles. The van der Waals surface area contributed by atoms with Crippen molar-refractivity contribution in [1.82, 2.24) is 0 Å². The van der Waals surface area contributed by atoms with Crippen LogP contribution in [0.3, 0.4) is 0 Å². The van der Waals surface area contributed by atoms with Gasteiger partial charge in [-0.3, -0.25) is 9.59 Å². The predicted molar refractivity (Wildman–Crippen MR) is 60.6 cm³/mol. The number of carbonyl (C=O) groups is 3. The number of hydrogen-bond acceptors (Lipinski definition) is 5. The maximum Gasteiger partial charge on any atom is 0.505 e. The molecule has 0 heterocycles. The standard InChI is InChI=1S/C6H10O3.C5H10O3/c1-3-5(7)9-6(8)4-2;1-2-3-4-8-5(6)7/h3-4H2,1-2H3;2-4H2,1H3,(H,6,7). The van der Waals surface area contributed by atoms with Crippen molar-refractivity contribution < 1.29 is 29.0 Å². The molecule has 0 aliphatic carbocycles. The first kappa shape index (κ1) is 17.8. The molecule has 0 amide bonds. The van der Waals surface area contributed by atoms with Gasteiger partial charge in [0.2, 0.25) is 0 Å². The first-order chi connectivity index (χ1) is 7.97. The molecule has 0 rings (SSSR count). The highest BCUT2D eigenvalue weighted by Crippen LogP contribution is 1.88. The van der Waals surface area contributed by atoms with E-state index in [1.165, 1.54) is 0 Å². The second-order valence-corrected chi connectivity index (χ2v) is 3.02. The van der Waals surface area contributed by atoms with Gasteiger partial charge in [-0.1, -0.05) is 27.2 Å². The molecule has 0 radical (unpaired) electrons. The minimum atomic E-state index is -1.18. The van der Waals surface area contributed by atoms with Crippen LogP contribution in [0, 0.1) is 0 Å². The fraction of sp³-hybridized carbons (Fsp3) is 0.727. The van der Waals surface area contributed by atoms with Gasteiger partial charge in [0.1, 0.15) is 0 Å². The number of rotatable bonds is 5. The minimum Gasteiger partial charge on any atom is -0.450 e. The zero-order valence-electron chi connectivity index (χ0n) is 10.5. The van der Waals surface area contributed by atoms with Gasteiger partial charge in [0.25, 0.3) is 0 Å². The molecular weight excluding hydrogens is 228 g/mol. The van der Waals surface area contributed by atoms with E-state index in [1.54, 1.807) is 13.8 Å². The van der Waals surface area contributed by atoms with Crippen LogP contribution < -0.4 is 0 Å². The Balaban J connectivity index is 0. The van der Waals surface area contributed by atoms with Gasteiger partial charge >= 0.3 is 18.1 Å². The molecule has 0 unspecified atom stereocenters. The summed E-state index contributed by atoms with van der Waals surface area (Å²) < 4.78 is 8.47. The minimum absolute atomic E-state index is 0.256. The fourth-order valence-corrected chi connectivity index (χ4v) is 0.575. The second kappa shape index (κ2) is 12.5. The number of unbranched alkanes of at least 4 members (excludes halogenated alkanes) is 1. The average molecular weight is 248 g/mol. The summed E-state index contributed by atoms with van der Waals surface area (Å²) in [5.74, 6) is -0.913. The van der Waals surface area contributed by atoms with Crippen LogP contribution in [0.2, 0.25) is 0 Å². The molecule has 0 saturated carbocycles. The molecule has 0 aromatic rings. The Morgan fingerprint density at radius 2 is 1.47 bits per heavy atom. The van der Waals surface area contributed by atoms with Gasteiger partial charge < -0.3 is 14.6 Å². The molecule has 0 aliphatic heterocycles. The maximum absolute atomic E-state index is 10.3. The molecular formula is C11H20O6. The Bertz CT molecular complexity index is 222. The maximum atomic E-state index is 10.3. The SMILES string of the molecule is CCC(=O)OC(=O)CC.CCCCOC(=O)O. The zero-order chi connectivity index (χ0) is 13.7. The molecule has 0 aromatic heterocycles. The Morgan fingerprint density at radius 3 is 1.76 bits per heavy atom. The van der Waals surface area contributed by atoms with E-state index in [-0.39, 0.29) is 12.8 Å². The van der Waals surface area contributed by atoms with Crippen molar-refractivity contribution in [2.24, 2.45) is 0 Å². The molecule has 1 N–H and O–H groups in total. The van der Waals surface area contributed by atoms with E-state index in [2.05, 4.69) is 9.47 Å². The van der Waals surface area contributed by atoms with Crippen molar-refractivity contribution in [3.8, 4) is 0 Å². The first-order valence-electron chi connectivity index (χ1n) is 5.57. The summed E-state index contributed by atoms with van der Waals surface area (Å²) in [5.41, 5.74) is 0. The van der Waals surface area contributed by atoms with Gasteiger partial charge in [0.15, 0.2) is 0 Å². The predicted octanol–water partition coefficient (Wildman–Crippen LogP) is 2.36. The number of hydrogen-bond donors (Lipinski definition) is 1. The van der Waals surface area contributed by atoms with Gasteiger partial charge in [-0.25, -0.2) is 4.79 Å². The molecule has 0 atom stereocenters. The van der Waals surface area contributed by atoms with Crippen molar-refractivity contribution >= 4 is 18.1 Å². The molecule has 0 aliphatic rings. The zero-order valence-corrected chi connectivity index (χ0v) is 10.5. The molecule has 0 bridgehead atoms. The normalized spacial score (nSPS) is 8.65. The Hall–Kier alpha value is -1.59. The molecule has 100 valence electrons. The van der Waals surface area contributed by atoms with Crippen LogP contribution in [-0.2, 0) is 19.1 Å². The third-order valence-corrected chi connectivity index (χ3v) is 1.53. The van der Waals surface area contributed by atoms with Crippen molar-refractivity contribution in [3.63, 3.8) is 0 Å². The van der Waals surface area contributed by atoms with E-state index in [4.69, 9.17) is 5.11 Å². The number of carbonyl (C=O) groups excluding carboxylic acids is 2. The van der Waals surface area contributed by atoms with Crippen molar-refractivity contribution in [2.45, 2.75) is 46.5 Å². The molecule has 6 nitrogen and oxygen atoms in total. The summed E-state index contributed by atoms with van der Waals surface area (Å²) in [5, 5.41) is 7.92. The van der Waals surface area contributed by atoms with E-state index in [1.807, 2.05) is 6.92 Å². The van der Waals surface area contributed by atoms with Crippen LogP contribution in [0.5, 0.6) is 0 Å². The smallest absolute Gasteiger partial charge is 0.450 e. The summed E-state index contributed by atoms with van der Waals surface area (Å²) in [6, 6.07) is 0. The van der Waals surface area contributed by atoms with Gasteiger partial charge in [-0.05, 0) is 6.42 Å². The lowest BCUT2D eigenvalue weighted by Gasteiger charge is -1.95. The Labute approximate surface area is 101 Å². The van der Waals surface area contributed by atoms with E-state index >= 15 is 0 Å². The van der Waals surface area contributed by atoms with Gasteiger partial charge in [0.05, 0.1) is 6.61 Å². The molecule has 17 heavy (non-hydrogen) atoms. The highest BCUT2D eigenvalue weighted by molar-refractivity contribution is 5.84. The average Bonchev–Trinajstić information content (AvgIpc) is 2.29. The molecule has 0 fully saturated rings. The number of carboxylic acid groups (broad SMARTS) is 1. The summed E-state index contributed by atoms with van der Waals surface area (Å²) in [6.45, 7) is 5.59. The number of esters is 2. The number of ether oxygens (including phenoxy) is 2. The lowest BCUT2D eigenvalue weighted by Crippen LogP contribution is -2.09. The Kier molecular flexibility index (Phi) is 13.1. The monoisotopic (exact) mass is 248 g/mol. The summed E-state index contributed by atoms with van der Waals surface area (Å²) in [6.07, 6.45) is 1.11. The summed E-state index contributed by atoms with van der Waals surface area (Å²) in [4.78, 5) is 30.3. The van der Waals surface area contributed by atoms with E-state index < -0.39 is 18.1 Å². The third-order valence-electron chi connectivity index (χ3n) is 1.53. The third kappa shape index (κ3) is 17.0. The molecule has 0 spiro atoms. The quantitative estimate of drug-likeness (QED) is 0.456. The van der Waals surface area contributed by atoms with Crippen LogP contribution in [0.15, 0.2) is 0 Å². The summed E-state index contributed by atoms with van der Waals surface area (Å²) in [7, 11) is 0. The van der Waals surface area contributed by atoms with E-state index in [0.717, 1.165) is 12.8 Å². The van der Waals surface area contributed by atoms with Crippen LogP contribution >= 0.6 is 0 Å². The van der Waals surface area contributed by atoms with E-state index in [9.17, 15) is 14.4 Å². The molecule has 0 aromatic carbocycles. The van der Waals surface area contributed by atoms with Crippen LogP contribution in [0.1, 0.15) is 46.5 Å². The fourth-order valence-electron chi connectivity index (χ4n) is 0.575. The summed E-state index contributed by atoms with van der Waals surface area (Å²) >= 11 is 0. The second-order valence-electron chi connectivity index (χ2n) is 3.02. The van der Waals surface area contributed by atoms with Crippen LogP contribution in [-0.4, -0.2) is 29.8 Å². The highest BCUT2D eigenvalue weighted by atomic mass is 16.7. The van der Waals surface area contributed by atoms with Crippen LogP contribution in [0.4, 0.5) is 4.79 Å². The topological polar surface area (TPSA) is 89.9 Å². The van der Waals surface area contributed by atoms with Crippen molar-refractivity contribution in [3.05, 3.63) is 0 Å². The largest absolute Gasteiger partial charge is 0.505 e. The molecule has 6 heteroatoms. The van der Waals surface area contributed by atoms with E-state index in [0.29, 0.717) is 6.61 Å². The van der Waals surface area contributed by atoms with Gasteiger partial charge in [0, 0.05) is 12.8 Å². The lowest BCUT2D eigenvalue weighted by atomic mass is 10.4. The van der Waals surface area contributed by atoms with Gasteiger partial charge in [-0.2, -0.15) is 0 Å². The highest BCUT2D eigenvalue weighted by Gasteiger charge is 2.03. The Morgan fingerprint density at radius 1 is 1.00 bits per heavy atom. The van der Waals surface area contributed by atoms with Gasteiger partial charge in [-0.15, -0.1) is 0 Å². The van der Waals surface area contributed by atoms with Crippen molar-refractivity contribution in [1.29, 1.82) is 0 Å². The first-order valence-corrected chi connectivity index (χ1v) is 5.57. The van der Waals surface area contributed by atoms with Crippen LogP contribution in [0.25, 0.3) is 0 Å².